The van der Waals surface area contributed by atoms with Gasteiger partial charge in [0.05, 0.1) is 18.1 Å². The first-order valence-corrected chi connectivity index (χ1v) is 7.62. The predicted molar refractivity (Wildman–Crippen MR) is 85.5 cm³/mol. The Bertz CT molecular complexity index is 634. The summed E-state index contributed by atoms with van der Waals surface area (Å²) in [5, 5.41) is 0. The monoisotopic (exact) mass is 288 g/mol. The van der Waals surface area contributed by atoms with Crippen LogP contribution in [0.1, 0.15) is 20.3 Å². The highest BCUT2D eigenvalue weighted by Gasteiger charge is 2.25. The first-order chi connectivity index (χ1) is 10.1. The second-order valence-electron chi connectivity index (χ2n) is 6.18. The number of benzene rings is 1. The lowest BCUT2D eigenvalue weighted by atomic mass is 10.1. The van der Waals surface area contributed by atoms with Crippen molar-refractivity contribution >= 4 is 17.0 Å². The Morgan fingerprint density at radius 3 is 2.90 bits per heavy atom. The molecule has 1 aromatic heterocycles. The fraction of sp³-hybridized carbons (Fsp3) is 0.562. The summed E-state index contributed by atoms with van der Waals surface area (Å²) in [4.78, 5) is 7.00. The van der Waals surface area contributed by atoms with E-state index < -0.39 is 0 Å². The standard InChI is InChI=1S/C16H24N4O/c1-11(2)19-7-6-12(9-19)10-20-15-5-4-13(21-3)8-14(15)18-16(20)17/h4-5,8,11-12H,6-7,9-10H2,1-3H3,(H2,17,18). The van der Waals surface area contributed by atoms with Crippen molar-refractivity contribution in [3.8, 4) is 5.75 Å². The zero-order valence-electron chi connectivity index (χ0n) is 13.0. The van der Waals surface area contributed by atoms with Gasteiger partial charge in [-0.05, 0) is 44.9 Å². The molecule has 0 amide bonds. The Morgan fingerprint density at radius 2 is 2.24 bits per heavy atom. The first kappa shape index (κ1) is 14.2. The molecule has 2 heterocycles. The maximum atomic E-state index is 6.11. The van der Waals surface area contributed by atoms with Crippen LogP contribution in [-0.4, -0.2) is 40.7 Å². The highest BCUT2D eigenvalue weighted by atomic mass is 16.5. The molecule has 0 saturated carbocycles. The molecule has 1 atom stereocenters. The van der Waals surface area contributed by atoms with Gasteiger partial charge in [0.15, 0.2) is 0 Å². The molecular weight excluding hydrogens is 264 g/mol. The minimum absolute atomic E-state index is 0.598. The van der Waals surface area contributed by atoms with Crippen LogP contribution in [0.3, 0.4) is 0 Å². The molecule has 0 spiro atoms. The van der Waals surface area contributed by atoms with E-state index >= 15 is 0 Å². The molecule has 5 nitrogen and oxygen atoms in total. The van der Waals surface area contributed by atoms with Crippen molar-refractivity contribution in [1.29, 1.82) is 0 Å². The van der Waals surface area contributed by atoms with Crippen molar-refractivity contribution in [2.45, 2.75) is 32.9 Å². The van der Waals surface area contributed by atoms with Gasteiger partial charge in [-0.2, -0.15) is 0 Å². The molecule has 1 aliphatic rings. The summed E-state index contributed by atoms with van der Waals surface area (Å²) in [6, 6.07) is 6.58. The summed E-state index contributed by atoms with van der Waals surface area (Å²) in [6.45, 7) is 7.79. The van der Waals surface area contributed by atoms with Crippen LogP contribution in [0.5, 0.6) is 5.75 Å². The van der Waals surface area contributed by atoms with Crippen LogP contribution >= 0.6 is 0 Å². The van der Waals surface area contributed by atoms with Gasteiger partial charge in [0.2, 0.25) is 5.95 Å². The minimum Gasteiger partial charge on any atom is -0.497 e. The fourth-order valence-corrected chi connectivity index (χ4v) is 3.19. The van der Waals surface area contributed by atoms with Gasteiger partial charge in [0.25, 0.3) is 0 Å². The van der Waals surface area contributed by atoms with E-state index in [2.05, 4.69) is 28.3 Å². The third-order valence-corrected chi connectivity index (χ3v) is 4.47. The number of likely N-dealkylation sites (tertiary alicyclic amines) is 1. The first-order valence-electron chi connectivity index (χ1n) is 7.62. The van der Waals surface area contributed by atoms with Crippen molar-refractivity contribution in [2.24, 2.45) is 5.92 Å². The van der Waals surface area contributed by atoms with Crippen molar-refractivity contribution in [2.75, 3.05) is 25.9 Å². The number of nitrogens with two attached hydrogens (primary N) is 1. The van der Waals surface area contributed by atoms with Crippen LogP contribution < -0.4 is 10.5 Å². The van der Waals surface area contributed by atoms with Gasteiger partial charge in [0.1, 0.15) is 5.75 Å². The molecule has 3 rings (SSSR count). The van der Waals surface area contributed by atoms with Gasteiger partial charge in [-0.3, -0.25) is 0 Å². The van der Waals surface area contributed by atoms with Crippen LogP contribution in [-0.2, 0) is 6.54 Å². The van der Waals surface area contributed by atoms with Gasteiger partial charge in [-0.1, -0.05) is 0 Å². The number of nitrogens with zero attached hydrogens (tertiary/aromatic N) is 3. The Labute approximate surface area is 125 Å². The van der Waals surface area contributed by atoms with E-state index in [4.69, 9.17) is 10.5 Å². The van der Waals surface area contributed by atoms with E-state index in [1.165, 1.54) is 13.0 Å². The van der Waals surface area contributed by atoms with Gasteiger partial charge >= 0.3 is 0 Å². The largest absolute Gasteiger partial charge is 0.497 e. The summed E-state index contributed by atoms with van der Waals surface area (Å²) >= 11 is 0. The third kappa shape index (κ3) is 2.70. The average molecular weight is 288 g/mol. The average Bonchev–Trinajstić information content (AvgIpc) is 3.04. The maximum absolute atomic E-state index is 6.11. The van der Waals surface area contributed by atoms with Crippen LogP contribution in [0.25, 0.3) is 11.0 Å². The van der Waals surface area contributed by atoms with E-state index in [-0.39, 0.29) is 0 Å². The smallest absolute Gasteiger partial charge is 0.201 e. The number of hydrogen-bond acceptors (Lipinski definition) is 4. The number of hydrogen-bond donors (Lipinski definition) is 1. The van der Waals surface area contributed by atoms with E-state index in [1.807, 2.05) is 18.2 Å². The molecule has 2 N–H and O–H groups in total. The van der Waals surface area contributed by atoms with Gasteiger partial charge in [-0.15, -0.1) is 0 Å². The molecule has 21 heavy (non-hydrogen) atoms. The number of methoxy groups -OCH3 is 1. The molecule has 0 aliphatic carbocycles. The Morgan fingerprint density at radius 1 is 1.43 bits per heavy atom. The molecule has 0 bridgehead atoms. The van der Waals surface area contributed by atoms with Crippen LogP contribution in [0.4, 0.5) is 5.95 Å². The zero-order valence-corrected chi connectivity index (χ0v) is 13.0. The summed E-state index contributed by atoms with van der Waals surface area (Å²) < 4.78 is 7.39. The van der Waals surface area contributed by atoms with Crippen LogP contribution in [0.15, 0.2) is 18.2 Å². The van der Waals surface area contributed by atoms with Gasteiger partial charge < -0.3 is 19.9 Å². The zero-order chi connectivity index (χ0) is 15.0. The molecule has 1 aromatic carbocycles. The lowest BCUT2D eigenvalue weighted by Crippen LogP contribution is -2.28. The van der Waals surface area contributed by atoms with E-state index in [1.54, 1.807) is 7.11 Å². The lowest BCUT2D eigenvalue weighted by molar-refractivity contribution is 0.261. The maximum Gasteiger partial charge on any atom is 0.201 e. The summed E-state index contributed by atoms with van der Waals surface area (Å²) in [6.07, 6.45) is 1.23. The lowest BCUT2D eigenvalue weighted by Gasteiger charge is -2.20. The van der Waals surface area contributed by atoms with E-state index in [9.17, 15) is 0 Å². The second kappa shape index (κ2) is 5.56. The molecule has 0 radical (unpaired) electrons. The Kier molecular flexibility index (Phi) is 3.76. The Balaban J connectivity index is 1.83. The van der Waals surface area contributed by atoms with Crippen molar-refractivity contribution in [3.63, 3.8) is 0 Å². The number of anilines is 1. The van der Waals surface area contributed by atoms with E-state index in [0.29, 0.717) is 17.9 Å². The Hall–Kier alpha value is -1.75. The summed E-state index contributed by atoms with van der Waals surface area (Å²) in [7, 11) is 1.67. The molecule has 1 saturated heterocycles. The summed E-state index contributed by atoms with van der Waals surface area (Å²) in [5.74, 6) is 2.06. The van der Waals surface area contributed by atoms with Crippen LogP contribution in [0.2, 0.25) is 0 Å². The number of imidazole rings is 1. The predicted octanol–water partition coefficient (Wildman–Crippen LogP) is 2.36. The SMILES string of the molecule is COc1ccc2c(c1)nc(N)n2CC1CCN(C(C)C)C1. The summed E-state index contributed by atoms with van der Waals surface area (Å²) in [5.41, 5.74) is 8.12. The fourth-order valence-electron chi connectivity index (χ4n) is 3.19. The molecule has 5 heteroatoms. The quantitative estimate of drug-likeness (QED) is 0.938. The van der Waals surface area contributed by atoms with Crippen LogP contribution in [0, 0.1) is 5.92 Å². The topological polar surface area (TPSA) is 56.3 Å². The van der Waals surface area contributed by atoms with Gasteiger partial charge in [0, 0.05) is 25.2 Å². The minimum atomic E-state index is 0.598. The van der Waals surface area contributed by atoms with Crippen molar-refractivity contribution < 1.29 is 4.74 Å². The molecular formula is C16H24N4O. The van der Waals surface area contributed by atoms with Crippen molar-refractivity contribution in [1.82, 2.24) is 14.5 Å². The number of aromatic nitrogens is 2. The molecule has 1 aliphatic heterocycles. The van der Waals surface area contributed by atoms with Crippen molar-refractivity contribution in [3.05, 3.63) is 18.2 Å². The normalized spacial score (nSPS) is 19.7. The van der Waals surface area contributed by atoms with E-state index in [0.717, 1.165) is 29.9 Å². The highest BCUT2D eigenvalue weighted by molar-refractivity contribution is 5.79. The molecule has 2 aromatic rings. The molecule has 1 unspecified atom stereocenters. The number of ether oxygens (including phenoxy) is 1. The van der Waals surface area contributed by atoms with Gasteiger partial charge in [-0.25, -0.2) is 4.98 Å². The molecule has 114 valence electrons. The third-order valence-electron chi connectivity index (χ3n) is 4.47. The number of fused-ring (bicyclic) bond motifs is 1. The number of rotatable bonds is 4. The second-order valence-corrected chi connectivity index (χ2v) is 6.18. The highest BCUT2D eigenvalue weighted by Crippen LogP contribution is 2.26. The molecule has 1 fully saturated rings. The number of nitrogen functional groups attached to an aromatic ring is 1.